The van der Waals surface area contributed by atoms with Gasteiger partial charge in [0.25, 0.3) is 0 Å². The van der Waals surface area contributed by atoms with E-state index in [1.807, 2.05) is 13.8 Å². The van der Waals surface area contributed by atoms with Crippen LogP contribution in [0, 0.1) is 5.41 Å². The highest BCUT2D eigenvalue weighted by atomic mass is 16.5. The molecule has 0 saturated heterocycles. The zero-order chi connectivity index (χ0) is 12.6. The molecule has 1 unspecified atom stereocenters. The van der Waals surface area contributed by atoms with Gasteiger partial charge in [0.2, 0.25) is 0 Å². The first kappa shape index (κ1) is 15.2. The maximum atomic E-state index is 8.62. The third-order valence-corrected chi connectivity index (χ3v) is 2.97. The lowest BCUT2D eigenvalue weighted by molar-refractivity contribution is 0.0601. The molecule has 0 aliphatic heterocycles. The van der Waals surface area contributed by atoms with E-state index in [2.05, 4.69) is 19.0 Å². The number of hydrogen-bond acceptors (Lipinski definition) is 3. The second kappa shape index (κ2) is 7.49. The number of unbranched alkanes of at least 4 members (excludes halogenated alkanes) is 1. The van der Waals surface area contributed by atoms with Crippen molar-refractivity contribution >= 4 is 5.84 Å². The molecule has 1 atom stereocenters. The van der Waals surface area contributed by atoms with Crippen molar-refractivity contribution in [2.75, 3.05) is 6.61 Å². The molecule has 0 aromatic rings. The van der Waals surface area contributed by atoms with Crippen molar-refractivity contribution < 1.29 is 9.94 Å². The predicted octanol–water partition coefficient (Wildman–Crippen LogP) is 2.74. The first-order valence-electron chi connectivity index (χ1n) is 6.03. The van der Waals surface area contributed by atoms with Gasteiger partial charge in [-0.2, -0.15) is 0 Å². The molecular formula is C12H26N2O2. The van der Waals surface area contributed by atoms with E-state index in [1.54, 1.807) is 0 Å². The van der Waals surface area contributed by atoms with Crippen LogP contribution in [0.1, 0.15) is 53.4 Å². The Labute approximate surface area is 98.9 Å². The fourth-order valence-electron chi connectivity index (χ4n) is 1.33. The molecule has 16 heavy (non-hydrogen) atoms. The molecule has 0 aliphatic carbocycles. The van der Waals surface area contributed by atoms with Gasteiger partial charge in [0.1, 0.15) is 5.84 Å². The van der Waals surface area contributed by atoms with Crippen LogP contribution in [0.5, 0.6) is 0 Å². The highest BCUT2D eigenvalue weighted by Gasteiger charge is 2.22. The minimum atomic E-state index is -0.231. The van der Waals surface area contributed by atoms with E-state index in [0.717, 1.165) is 32.3 Å². The van der Waals surface area contributed by atoms with Crippen molar-refractivity contribution in [3.05, 3.63) is 0 Å². The van der Waals surface area contributed by atoms with E-state index in [-0.39, 0.29) is 5.41 Å². The lowest BCUT2D eigenvalue weighted by Crippen LogP contribution is -2.31. The molecule has 0 aliphatic rings. The summed E-state index contributed by atoms with van der Waals surface area (Å²) in [5.74, 6) is 0.301. The van der Waals surface area contributed by atoms with Gasteiger partial charge in [-0.05, 0) is 26.2 Å². The van der Waals surface area contributed by atoms with Crippen LogP contribution in [-0.4, -0.2) is 23.8 Å². The molecule has 0 heterocycles. The summed E-state index contributed by atoms with van der Waals surface area (Å²) in [6, 6.07) is 0. The Morgan fingerprint density at radius 1 is 1.44 bits per heavy atom. The van der Waals surface area contributed by atoms with Crippen molar-refractivity contribution in [2.24, 2.45) is 16.3 Å². The molecule has 0 spiro atoms. The van der Waals surface area contributed by atoms with E-state index in [1.165, 1.54) is 0 Å². The van der Waals surface area contributed by atoms with Crippen molar-refractivity contribution in [3.8, 4) is 0 Å². The van der Waals surface area contributed by atoms with E-state index < -0.39 is 0 Å². The Kier molecular flexibility index (Phi) is 7.13. The Bertz CT molecular complexity index is 215. The fraction of sp³-hybridized carbons (Fsp3) is 0.917. The zero-order valence-electron chi connectivity index (χ0n) is 11.0. The number of hydrogen-bond donors (Lipinski definition) is 2. The lowest BCUT2D eigenvalue weighted by Gasteiger charge is -2.22. The maximum Gasteiger partial charge on any atom is 0.144 e. The molecule has 0 bridgehead atoms. The smallest absolute Gasteiger partial charge is 0.144 e. The summed E-state index contributed by atoms with van der Waals surface area (Å²) in [4.78, 5) is 0. The highest BCUT2D eigenvalue weighted by molar-refractivity contribution is 5.85. The fourth-order valence-corrected chi connectivity index (χ4v) is 1.33. The molecule has 4 heteroatoms. The van der Waals surface area contributed by atoms with E-state index >= 15 is 0 Å². The Hall–Kier alpha value is -0.770. The van der Waals surface area contributed by atoms with Crippen LogP contribution in [0.2, 0.25) is 0 Å². The van der Waals surface area contributed by atoms with Crippen LogP contribution in [0.3, 0.4) is 0 Å². The first-order valence-corrected chi connectivity index (χ1v) is 6.03. The summed E-state index contributed by atoms with van der Waals surface area (Å²) in [6.45, 7) is 8.96. The van der Waals surface area contributed by atoms with Crippen LogP contribution >= 0.6 is 0 Å². The van der Waals surface area contributed by atoms with Crippen molar-refractivity contribution in [1.82, 2.24) is 0 Å². The minimum Gasteiger partial charge on any atom is -0.409 e. The summed E-state index contributed by atoms with van der Waals surface area (Å²) in [7, 11) is 0. The topological polar surface area (TPSA) is 67.8 Å². The molecule has 4 nitrogen and oxygen atoms in total. The first-order chi connectivity index (χ1) is 7.44. The number of ether oxygens (including phenoxy) is 1. The molecule has 96 valence electrons. The number of rotatable bonds is 8. The quantitative estimate of drug-likeness (QED) is 0.221. The zero-order valence-corrected chi connectivity index (χ0v) is 11.0. The van der Waals surface area contributed by atoms with Crippen LogP contribution < -0.4 is 5.73 Å². The van der Waals surface area contributed by atoms with Gasteiger partial charge in [-0.3, -0.25) is 0 Å². The average Bonchev–Trinajstić information content (AvgIpc) is 2.26. The monoisotopic (exact) mass is 230 g/mol. The molecule has 0 saturated carbocycles. The van der Waals surface area contributed by atoms with E-state index in [4.69, 9.17) is 15.7 Å². The second-order valence-corrected chi connectivity index (χ2v) is 4.92. The Morgan fingerprint density at radius 2 is 2.06 bits per heavy atom. The molecule has 0 amide bonds. The van der Waals surface area contributed by atoms with Gasteiger partial charge in [-0.15, -0.1) is 0 Å². The number of amidine groups is 1. The number of oxime groups is 1. The third kappa shape index (κ3) is 5.95. The van der Waals surface area contributed by atoms with Crippen LogP contribution in [0.15, 0.2) is 5.16 Å². The van der Waals surface area contributed by atoms with Gasteiger partial charge < -0.3 is 15.7 Å². The molecule has 0 aromatic carbocycles. The molecular weight excluding hydrogens is 204 g/mol. The van der Waals surface area contributed by atoms with Crippen LogP contribution in [0.4, 0.5) is 0 Å². The summed E-state index contributed by atoms with van der Waals surface area (Å²) >= 11 is 0. The largest absolute Gasteiger partial charge is 0.409 e. The summed E-state index contributed by atoms with van der Waals surface area (Å²) in [6.07, 6.45) is 4.35. The van der Waals surface area contributed by atoms with Crippen molar-refractivity contribution in [2.45, 2.75) is 59.5 Å². The van der Waals surface area contributed by atoms with Crippen molar-refractivity contribution in [3.63, 3.8) is 0 Å². The van der Waals surface area contributed by atoms with Gasteiger partial charge in [-0.1, -0.05) is 32.3 Å². The SMILES string of the molecule is CCC(C)OCCCCC(C)(C)C(N)=NO. The van der Waals surface area contributed by atoms with Crippen LogP contribution in [0.25, 0.3) is 0 Å². The summed E-state index contributed by atoms with van der Waals surface area (Å²) in [5.41, 5.74) is 5.37. The van der Waals surface area contributed by atoms with Crippen molar-refractivity contribution in [1.29, 1.82) is 0 Å². The van der Waals surface area contributed by atoms with E-state index in [9.17, 15) is 0 Å². The van der Waals surface area contributed by atoms with Gasteiger partial charge in [0.05, 0.1) is 6.10 Å². The van der Waals surface area contributed by atoms with Crippen LogP contribution in [-0.2, 0) is 4.74 Å². The normalized spacial score (nSPS) is 15.1. The predicted molar refractivity (Wildman–Crippen MR) is 66.7 cm³/mol. The van der Waals surface area contributed by atoms with Gasteiger partial charge in [0, 0.05) is 12.0 Å². The lowest BCUT2D eigenvalue weighted by atomic mass is 9.86. The molecule has 3 N–H and O–H groups in total. The molecule has 0 rings (SSSR count). The van der Waals surface area contributed by atoms with Gasteiger partial charge in [-0.25, -0.2) is 0 Å². The molecule has 0 aromatic heterocycles. The standard InChI is InChI=1S/C12H26N2O2/c1-5-10(2)16-9-7-6-8-12(3,4)11(13)14-15/h10,15H,5-9H2,1-4H3,(H2,13,14). The average molecular weight is 230 g/mol. The Balaban J connectivity index is 3.66. The highest BCUT2D eigenvalue weighted by Crippen LogP contribution is 2.23. The molecule has 0 radical (unpaired) electrons. The molecule has 0 fully saturated rings. The van der Waals surface area contributed by atoms with Gasteiger partial charge >= 0.3 is 0 Å². The van der Waals surface area contributed by atoms with Gasteiger partial charge in [0.15, 0.2) is 0 Å². The minimum absolute atomic E-state index is 0.231. The summed E-state index contributed by atoms with van der Waals surface area (Å²) in [5, 5.41) is 11.7. The van der Waals surface area contributed by atoms with E-state index in [0.29, 0.717) is 11.9 Å². The Morgan fingerprint density at radius 3 is 2.56 bits per heavy atom. The number of nitrogens with zero attached hydrogens (tertiary/aromatic N) is 1. The third-order valence-electron chi connectivity index (χ3n) is 2.97. The summed E-state index contributed by atoms with van der Waals surface area (Å²) < 4.78 is 5.58. The maximum absolute atomic E-state index is 8.62. The number of nitrogens with two attached hydrogens (primary N) is 1. The second-order valence-electron chi connectivity index (χ2n) is 4.92.